The standard InChI is InChI=1S/C11H15BrO2S/c1-11(9-3-4-10(12)15-9)5-8(6-11)14-7-13-2/h3-4,8H,5-7H2,1-2H3. The van der Waals surface area contributed by atoms with Gasteiger partial charge >= 0.3 is 0 Å². The highest BCUT2D eigenvalue weighted by Crippen LogP contribution is 2.47. The van der Waals surface area contributed by atoms with Crippen LogP contribution in [0.5, 0.6) is 0 Å². The quantitative estimate of drug-likeness (QED) is 0.790. The SMILES string of the molecule is COCOC1CC(C)(c2ccc(Br)s2)C1. The van der Waals surface area contributed by atoms with Crippen molar-refractivity contribution >= 4 is 27.3 Å². The molecular formula is C11H15BrO2S. The highest BCUT2D eigenvalue weighted by Gasteiger charge is 2.43. The maximum atomic E-state index is 5.52. The number of hydrogen-bond donors (Lipinski definition) is 0. The molecule has 2 rings (SSSR count). The lowest BCUT2D eigenvalue weighted by molar-refractivity contribution is -0.118. The largest absolute Gasteiger partial charge is 0.359 e. The van der Waals surface area contributed by atoms with E-state index in [1.807, 2.05) is 11.3 Å². The van der Waals surface area contributed by atoms with Crippen LogP contribution in [0.15, 0.2) is 15.9 Å². The molecule has 1 aliphatic carbocycles. The van der Waals surface area contributed by atoms with Gasteiger partial charge in [0.15, 0.2) is 0 Å². The topological polar surface area (TPSA) is 18.5 Å². The van der Waals surface area contributed by atoms with E-state index in [-0.39, 0.29) is 0 Å². The van der Waals surface area contributed by atoms with Crippen molar-refractivity contribution in [2.75, 3.05) is 13.9 Å². The van der Waals surface area contributed by atoms with E-state index in [0.717, 1.165) is 12.8 Å². The van der Waals surface area contributed by atoms with Crippen molar-refractivity contribution < 1.29 is 9.47 Å². The van der Waals surface area contributed by atoms with Crippen LogP contribution in [-0.2, 0) is 14.9 Å². The van der Waals surface area contributed by atoms with Gasteiger partial charge in [0.25, 0.3) is 0 Å². The van der Waals surface area contributed by atoms with E-state index in [2.05, 4.69) is 35.0 Å². The van der Waals surface area contributed by atoms with Crippen LogP contribution >= 0.6 is 27.3 Å². The first-order chi connectivity index (χ1) is 7.14. The van der Waals surface area contributed by atoms with Gasteiger partial charge in [-0.05, 0) is 40.9 Å². The Labute approximate surface area is 103 Å². The van der Waals surface area contributed by atoms with Crippen LogP contribution < -0.4 is 0 Å². The molecule has 0 aromatic carbocycles. The summed E-state index contributed by atoms with van der Waals surface area (Å²) in [6.07, 6.45) is 2.57. The van der Waals surface area contributed by atoms with E-state index in [1.54, 1.807) is 7.11 Å². The number of ether oxygens (including phenoxy) is 2. The molecule has 0 spiro atoms. The Morgan fingerprint density at radius 1 is 1.53 bits per heavy atom. The molecule has 1 aromatic rings. The van der Waals surface area contributed by atoms with Gasteiger partial charge in [0.05, 0.1) is 9.89 Å². The van der Waals surface area contributed by atoms with Crippen molar-refractivity contribution in [2.24, 2.45) is 0 Å². The van der Waals surface area contributed by atoms with Gasteiger partial charge in [-0.25, -0.2) is 0 Å². The van der Waals surface area contributed by atoms with E-state index in [9.17, 15) is 0 Å². The first-order valence-corrected chi connectivity index (χ1v) is 6.61. The molecule has 15 heavy (non-hydrogen) atoms. The minimum atomic E-state index is 0.315. The zero-order valence-corrected chi connectivity index (χ0v) is 11.4. The van der Waals surface area contributed by atoms with Crippen LogP contribution in [0.4, 0.5) is 0 Å². The van der Waals surface area contributed by atoms with Crippen LogP contribution in [0.1, 0.15) is 24.6 Å². The zero-order valence-electron chi connectivity index (χ0n) is 8.96. The summed E-state index contributed by atoms with van der Waals surface area (Å²) in [6.45, 7) is 2.72. The molecule has 0 saturated heterocycles. The van der Waals surface area contributed by atoms with Crippen molar-refractivity contribution in [3.63, 3.8) is 0 Å². The van der Waals surface area contributed by atoms with Gasteiger partial charge in [0, 0.05) is 17.4 Å². The van der Waals surface area contributed by atoms with Crippen molar-refractivity contribution in [3.05, 3.63) is 20.8 Å². The highest BCUT2D eigenvalue weighted by molar-refractivity contribution is 9.11. The molecule has 1 aromatic heterocycles. The molecular weight excluding hydrogens is 276 g/mol. The van der Waals surface area contributed by atoms with E-state index >= 15 is 0 Å². The summed E-state index contributed by atoms with van der Waals surface area (Å²) in [4.78, 5) is 1.45. The fourth-order valence-electron chi connectivity index (χ4n) is 2.07. The monoisotopic (exact) mass is 290 g/mol. The highest BCUT2D eigenvalue weighted by atomic mass is 79.9. The molecule has 0 bridgehead atoms. The number of thiophene rings is 1. The fraction of sp³-hybridized carbons (Fsp3) is 0.636. The first-order valence-electron chi connectivity index (χ1n) is 5.00. The van der Waals surface area contributed by atoms with Crippen LogP contribution in [-0.4, -0.2) is 20.0 Å². The Balaban J connectivity index is 1.90. The molecule has 1 saturated carbocycles. The summed E-state index contributed by atoms with van der Waals surface area (Å²) in [5, 5.41) is 0. The van der Waals surface area contributed by atoms with Gasteiger partial charge in [-0.1, -0.05) is 6.92 Å². The van der Waals surface area contributed by atoms with Gasteiger partial charge in [-0.2, -0.15) is 0 Å². The number of methoxy groups -OCH3 is 1. The summed E-state index contributed by atoms with van der Waals surface area (Å²) >= 11 is 5.33. The third kappa shape index (κ3) is 2.44. The molecule has 4 heteroatoms. The molecule has 0 N–H and O–H groups in total. The normalized spacial score (nSPS) is 30.2. The Morgan fingerprint density at radius 2 is 2.27 bits per heavy atom. The van der Waals surface area contributed by atoms with Crippen molar-refractivity contribution in [1.29, 1.82) is 0 Å². The lowest BCUT2D eigenvalue weighted by Crippen LogP contribution is -2.43. The molecule has 0 amide bonds. The molecule has 2 nitrogen and oxygen atoms in total. The molecule has 0 unspecified atom stereocenters. The average molecular weight is 291 g/mol. The third-order valence-corrected chi connectivity index (χ3v) is 4.88. The predicted octanol–water partition coefficient (Wildman–Crippen LogP) is 3.55. The van der Waals surface area contributed by atoms with E-state index in [1.165, 1.54) is 8.66 Å². The second kappa shape index (κ2) is 4.53. The fourth-order valence-corrected chi connectivity index (χ4v) is 3.62. The lowest BCUT2D eigenvalue weighted by atomic mass is 9.67. The van der Waals surface area contributed by atoms with Crippen molar-refractivity contribution in [3.8, 4) is 0 Å². The van der Waals surface area contributed by atoms with Gasteiger partial charge < -0.3 is 9.47 Å². The lowest BCUT2D eigenvalue weighted by Gasteiger charge is -2.44. The third-order valence-electron chi connectivity index (χ3n) is 2.95. The minimum Gasteiger partial charge on any atom is -0.359 e. The maximum Gasteiger partial charge on any atom is 0.146 e. The summed E-state index contributed by atoms with van der Waals surface area (Å²) < 4.78 is 11.6. The van der Waals surface area contributed by atoms with E-state index in [0.29, 0.717) is 18.3 Å². The van der Waals surface area contributed by atoms with Gasteiger partial charge in [-0.15, -0.1) is 11.3 Å². The summed E-state index contributed by atoms with van der Waals surface area (Å²) in [6, 6.07) is 4.33. The molecule has 84 valence electrons. The van der Waals surface area contributed by atoms with Gasteiger partial charge in [0.1, 0.15) is 6.79 Å². The summed E-state index contributed by atoms with van der Waals surface area (Å²) in [5.41, 5.74) is 0.315. The molecule has 0 aliphatic heterocycles. The Hall–Kier alpha value is 0.1000. The smallest absolute Gasteiger partial charge is 0.146 e. The number of hydrogen-bond acceptors (Lipinski definition) is 3. The van der Waals surface area contributed by atoms with E-state index < -0.39 is 0 Å². The first kappa shape index (κ1) is 11.6. The van der Waals surface area contributed by atoms with Crippen LogP contribution in [0.25, 0.3) is 0 Å². The molecule has 1 heterocycles. The second-order valence-electron chi connectivity index (χ2n) is 4.27. The second-order valence-corrected chi connectivity index (χ2v) is 6.73. The Kier molecular flexibility index (Phi) is 3.50. The van der Waals surface area contributed by atoms with Gasteiger partial charge in [0.2, 0.25) is 0 Å². The van der Waals surface area contributed by atoms with Crippen molar-refractivity contribution in [1.82, 2.24) is 0 Å². The maximum absolute atomic E-state index is 5.52. The van der Waals surface area contributed by atoms with E-state index in [4.69, 9.17) is 9.47 Å². The number of halogens is 1. The molecule has 0 radical (unpaired) electrons. The minimum absolute atomic E-state index is 0.315. The molecule has 1 aliphatic rings. The Morgan fingerprint density at radius 3 is 2.80 bits per heavy atom. The predicted molar refractivity (Wildman–Crippen MR) is 65.4 cm³/mol. The van der Waals surface area contributed by atoms with Crippen LogP contribution in [0, 0.1) is 0 Å². The molecule has 0 atom stereocenters. The molecule has 1 fully saturated rings. The summed E-state index contributed by atoms with van der Waals surface area (Å²) in [5.74, 6) is 0. The van der Waals surface area contributed by atoms with Crippen LogP contribution in [0.3, 0.4) is 0 Å². The van der Waals surface area contributed by atoms with Crippen molar-refractivity contribution in [2.45, 2.75) is 31.3 Å². The zero-order chi connectivity index (χ0) is 10.9. The number of rotatable bonds is 4. The Bertz CT molecular complexity index is 331. The van der Waals surface area contributed by atoms with Gasteiger partial charge in [-0.3, -0.25) is 0 Å². The summed E-state index contributed by atoms with van der Waals surface area (Å²) in [7, 11) is 1.66. The average Bonchev–Trinajstić information content (AvgIpc) is 2.58. The van der Waals surface area contributed by atoms with Crippen LogP contribution in [0.2, 0.25) is 0 Å².